The molecule has 31 heavy (non-hydrogen) atoms. The number of aromatic amines is 1. The topological polar surface area (TPSA) is 102 Å². The third kappa shape index (κ3) is 5.22. The number of rotatable bonds is 8. The molecule has 0 spiro atoms. The molecule has 5 N–H and O–H groups in total. The van der Waals surface area contributed by atoms with Crippen LogP contribution in [0.3, 0.4) is 0 Å². The molecule has 1 aromatic carbocycles. The van der Waals surface area contributed by atoms with Gasteiger partial charge in [-0.1, -0.05) is 19.1 Å². The van der Waals surface area contributed by atoms with Crippen molar-refractivity contribution in [2.24, 2.45) is 5.73 Å². The monoisotopic (exact) mass is 421 g/mol. The van der Waals surface area contributed by atoms with E-state index in [1.54, 1.807) is 6.20 Å². The number of piperazine rings is 1. The molecule has 0 unspecified atom stereocenters. The van der Waals surface area contributed by atoms with Crippen molar-refractivity contribution >= 4 is 28.1 Å². The summed E-state index contributed by atoms with van der Waals surface area (Å²) >= 11 is 0. The van der Waals surface area contributed by atoms with E-state index in [2.05, 4.69) is 49.5 Å². The summed E-state index contributed by atoms with van der Waals surface area (Å²) in [6, 6.07) is 12.1. The number of nitrogens with zero attached hydrogens (tertiary/aromatic N) is 3. The number of anilines is 3. The SMILES string of the molecule is CCN1CCN(Cc2ccc(Nc3nc(NCCN)cc4cc[nH]c(=O)c34)cc2)CC1. The second-order valence-corrected chi connectivity index (χ2v) is 7.87. The van der Waals surface area contributed by atoms with Crippen LogP contribution in [-0.4, -0.2) is 65.6 Å². The van der Waals surface area contributed by atoms with Crippen LogP contribution >= 0.6 is 0 Å². The molecular formula is C23H31N7O. The molecule has 3 aromatic rings. The molecule has 4 rings (SSSR count). The number of nitrogens with one attached hydrogen (secondary N) is 3. The van der Waals surface area contributed by atoms with Crippen LogP contribution in [0, 0.1) is 0 Å². The molecule has 0 saturated carbocycles. The van der Waals surface area contributed by atoms with Gasteiger partial charge in [0.25, 0.3) is 5.56 Å². The largest absolute Gasteiger partial charge is 0.369 e. The summed E-state index contributed by atoms with van der Waals surface area (Å²) in [5.74, 6) is 1.22. The molecule has 0 radical (unpaired) electrons. The van der Waals surface area contributed by atoms with Crippen molar-refractivity contribution in [3.63, 3.8) is 0 Å². The number of aromatic nitrogens is 2. The number of likely N-dealkylation sites (N-methyl/N-ethyl adjacent to an activating group) is 1. The Bertz CT molecular complexity index is 1060. The molecule has 1 aliphatic rings. The molecule has 0 atom stereocenters. The van der Waals surface area contributed by atoms with E-state index < -0.39 is 0 Å². The first-order chi connectivity index (χ1) is 15.2. The Morgan fingerprint density at radius 2 is 1.84 bits per heavy atom. The number of hydrogen-bond acceptors (Lipinski definition) is 7. The second-order valence-electron chi connectivity index (χ2n) is 7.87. The highest BCUT2D eigenvalue weighted by Gasteiger charge is 2.15. The van der Waals surface area contributed by atoms with Gasteiger partial charge in [-0.3, -0.25) is 9.69 Å². The molecule has 0 aliphatic carbocycles. The average Bonchev–Trinajstić information content (AvgIpc) is 2.79. The normalized spacial score (nSPS) is 15.3. The third-order valence-corrected chi connectivity index (χ3v) is 5.74. The fourth-order valence-electron chi connectivity index (χ4n) is 3.95. The first-order valence-electron chi connectivity index (χ1n) is 10.9. The molecule has 1 saturated heterocycles. The first kappa shape index (κ1) is 21.3. The highest BCUT2D eigenvalue weighted by Crippen LogP contribution is 2.25. The molecule has 2 aromatic heterocycles. The molecular weight excluding hydrogens is 390 g/mol. The number of H-pyrrole nitrogens is 1. The minimum atomic E-state index is -0.166. The van der Waals surface area contributed by atoms with Gasteiger partial charge in [-0.25, -0.2) is 4.98 Å². The maximum atomic E-state index is 12.5. The van der Waals surface area contributed by atoms with Crippen LogP contribution in [0.1, 0.15) is 12.5 Å². The zero-order chi connectivity index (χ0) is 21.6. The van der Waals surface area contributed by atoms with Crippen molar-refractivity contribution in [3.8, 4) is 0 Å². The third-order valence-electron chi connectivity index (χ3n) is 5.74. The van der Waals surface area contributed by atoms with Crippen molar-refractivity contribution in [2.45, 2.75) is 13.5 Å². The standard InChI is InChI=1S/C23H31N7O/c1-2-29-11-13-30(14-12-29)16-17-3-5-19(6-4-17)27-22-21-18(7-9-26-23(21)31)15-20(28-22)25-10-8-24/h3-7,9,15H,2,8,10-14,16,24H2,1H3,(H,26,31)(H2,25,27,28). The second kappa shape index (κ2) is 9.91. The Labute approximate surface area is 182 Å². The maximum Gasteiger partial charge on any atom is 0.259 e. The number of hydrogen-bond donors (Lipinski definition) is 4. The summed E-state index contributed by atoms with van der Waals surface area (Å²) in [5.41, 5.74) is 7.61. The predicted octanol–water partition coefficient (Wildman–Crippen LogP) is 2.17. The van der Waals surface area contributed by atoms with Gasteiger partial charge in [0.05, 0.1) is 5.39 Å². The van der Waals surface area contributed by atoms with Gasteiger partial charge in [-0.05, 0) is 41.8 Å². The summed E-state index contributed by atoms with van der Waals surface area (Å²) in [4.78, 5) is 24.8. The molecule has 3 heterocycles. The van der Waals surface area contributed by atoms with Crippen LogP contribution in [0.5, 0.6) is 0 Å². The molecule has 1 aliphatic heterocycles. The fraction of sp³-hybridized carbons (Fsp3) is 0.391. The molecule has 0 bridgehead atoms. The van der Waals surface area contributed by atoms with E-state index in [1.807, 2.05) is 24.3 Å². The summed E-state index contributed by atoms with van der Waals surface area (Å²) < 4.78 is 0. The lowest BCUT2D eigenvalue weighted by Gasteiger charge is -2.34. The quantitative estimate of drug-likeness (QED) is 0.442. The van der Waals surface area contributed by atoms with Crippen LogP contribution in [0.2, 0.25) is 0 Å². The number of nitrogens with two attached hydrogens (primary N) is 1. The highest BCUT2D eigenvalue weighted by molar-refractivity contribution is 5.94. The minimum Gasteiger partial charge on any atom is -0.369 e. The minimum absolute atomic E-state index is 0.166. The van der Waals surface area contributed by atoms with Gasteiger partial charge in [0.1, 0.15) is 11.6 Å². The molecule has 0 amide bonds. The Balaban J connectivity index is 1.50. The van der Waals surface area contributed by atoms with Crippen LogP contribution in [0.25, 0.3) is 10.8 Å². The van der Waals surface area contributed by atoms with E-state index in [1.165, 1.54) is 5.56 Å². The Morgan fingerprint density at radius 3 is 2.55 bits per heavy atom. The van der Waals surface area contributed by atoms with Crippen LogP contribution in [0.15, 0.2) is 47.4 Å². The van der Waals surface area contributed by atoms with E-state index in [-0.39, 0.29) is 5.56 Å². The van der Waals surface area contributed by atoms with E-state index in [4.69, 9.17) is 5.73 Å². The number of fused-ring (bicyclic) bond motifs is 1. The van der Waals surface area contributed by atoms with E-state index >= 15 is 0 Å². The number of pyridine rings is 2. The van der Waals surface area contributed by atoms with Gasteiger partial charge >= 0.3 is 0 Å². The van der Waals surface area contributed by atoms with Crippen molar-refractivity contribution < 1.29 is 0 Å². The highest BCUT2D eigenvalue weighted by atomic mass is 16.1. The molecule has 8 heteroatoms. The van der Waals surface area contributed by atoms with Crippen molar-refractivity contribution in [3.05, 3.63) is 58.5 Å². The van der Waals surface area contributed by atoms with E-state index in [0.717, 1.165) is 50.3 Å². The Morgan fingerprint density at radius 1 is 1.10 bits per heavy atom. The number of benzene rings is 1. The lowest BCUT2D eigenvalue weighted by Crippen LogP contribution is -2.45. The summed E-state index contributed by atoms with van der Waals surface area (Å²) in [6.45, 7) is 9.91. The van der Waals surface area contributed by atoms with Crippen LogP contribution in [0.4, 0.5) is 17.3 Å². The van der Waals surface area contributed by atoms with Crippen LogP contribution in [-0.2, 0) is 6.54 Å². The summed E-state index contributed by atoms with van der Waals surface area (Å²) in [6.07, 6.45) is 1.65. The molecule has 164 valence electrons. The summed E-state index contributed by atoms with van der Waals surface area (Å²) in [7, 11) is 0. The maximum absolute atomic E-state index is 12.5. The fourth-order valence-corrected chi connectivity index (χ4v) is 3.95. The summed E-state index contributed by atoms with van der Waals surface area (Å²) in [5, 5.41) is 7.89. The zero-order valence-electron chi connectivity index (χ0n) is 18.0. The predicted molar refractivity (Wildman–Crippen MR) is 127 cm³/mol. The van der Waals surface area contributed by atoms with Gasteiger partial charge in [0, 0.05) is 57.7 Å². The van der Waals surface area contributed by atoms with Crippen molar-refractivity contribution in [2.75, 3.05) is 56.4 Å². The van der Waals surface area contributed by atoms with Gasteiger partial charge in [0.2, 0.25) is 0 Å². The van der Waals surface area contributed by atoms with Crippen molar-refractivity contribution in [1.82, 2.24) is 19.8 Å². The average molecular weight is 422 g/mol. The van der Waals surface area contributed by atoms with Gasteiger partial charge < -0.3 is 26.3 Å². The first-order valence-corrected chi connectivity index (χ1v) is 10.9. The van der Waals surface area contributed by atoms with E-state index in [0.29, 0.717) is 30.1 Å². The zero-order valence-corrected chi connectivity index (χ0v) is 18.0. The Kier molecular flexibility index (Phi) is 6.81. The van der Waals surface area contributed by atoms with Gasteiger partial charge in [0.15, 0.2) is 0 Å². The molecule has 8 nitrogen and oxygen atoms in total. The lowest BCUT2D eigenvalue weighted by molar-refractivity contribution is 0.132. The smallest absolute Gasteiger partial charge is 0.259 e. The lowest BCUT2D eigenvalue weighted by atomic mass is 10.1. The molecule has 1 fully saturated rings. The van der Waals surface area contributed by atoms with E-state index in [9.17, 15) is 4.79 Å². The Hall–Kier alpha value is -2.94. The van der Waals surface area contributed by atoms with Gasteiger partial charge in [-0.15, -0.1) is 0 Å². The van der Waals surface area contributed by atoms with Crippen molar-refractivity contribution in [1.29, 1.82) is 0 Å². The van der Waals surface area contributed by atoms with Gasteiger partial charge in [-0.2, -0.15) is 0 Å². The van der Waals surface area contributed by atoms with Crippen LogP contribution < -0.4 is 21.9 Å².